The highest BCUT2D eigenvalue weighted by molar-refractivity contribution is 5.66. The van der Waals surface area contributed by atoms with Gasteiger partial charge in [0.15, 0.2) is 0 Å². The number of anilines is 2. The van der Waals surface area contributed by atoms with Crippen LogP contribution in [0.3, 0.4) is 0 Å². The van der Waals surface area contributed by atoms with Gasteiger partial charge >= 0.3 is 0 Å². The first kappa shape index (κ1) is 16.2. The molecule has 0 unspecified atom stereocenters. The lowest BCUT2D eigenvalue weighted by molar-refractivity contribution is -0.383. The molecule has 20 heavy (non-hydrogen) atoms. The summed E-state index contributed by atoms with van der Waals surface area (Å²) in [5, 5.41) is 10.8. The van der Waals surface area contributed by atoms with Gasteiger partial charge in [-0.3, -0.25) is 10.1 Å². The second-order valence-corrected chi connectivity index (χ2v) is 4.33. The van der Waals surface area contributed by atoms with Crippen molar-refractivity contribution >= 4 is 17.1 Å². The van der Waals surface area contributed by atoms with E-state index < -0.39 is 4.92 Å². The number of benzene rings is 1. The van der Waals surface area contributed by atoms with Gasteiger partial charge in [0.2, 0.25) is 0 Å². The molecule has 0 aliphatic rings. The Morgan fingerprint density at radius 2 is 1.95 bits per heavy atom. The van der Waals surface area contributed by atoms with Crippen molar-refractivity contribution in [1.29, 1.82) is 0 Å². The number of methoxy groups -OCH3 is 2. The number of nitrogens with zero attached hydrogens (tertiary/aromatic N) is 2. The number of rotatable bonds is 9. The topological polar surface area (TPSA) is 90.9 Å². The fourth-order valence-electron chi connectivity index (χ4n) is 1.88. The number of nitro benzene ring substituents is 1. The van der Waals surface area contributed by atoms with Gasteiger partial charge in [-0.1, -0.05) is 0 Å². The van der Waals surface area contributed by atoms with Crippen LogP contribution in [0, 0.1) is 10.1 Å². The van der Waals surface area contributed by atoms with Gasteiger partial charge in [-0.15, -0.1) is 0 Å². The minimum Gasteiger partial charge on any atom is -0.393 e. The molecule has 0 heterocycles. The Bertz CT molecular complexity index is 440. The van der Waals surface area contributed by atoms with E-state index in [-0.39, 0.29) is 11.4 Å². The molecule has 7 heteroatoms. The van der Waals surface area contributed by atoms with Crippen LogP contribution in [0.15, 0.2) is 18.2 Å². The molecule has 0 aliphatic heterocycles. The molecule has 1 rings (SSSR count). The fraction of sp³-hybridized carbons (Fsp3) is 0.538. The van der Waals surface area contributed by atoms with Gasteiger partial charge in [0.1, 0.15) is 5.69 Å². The molecule has 0 aromatic heterocycles. The molecule has 0 atom stereocenters. The average Bonchev–Trinajstić information content (AvgIpc) is 2.42. The molecule has 0 saturated heterocycles. The molecule has 1 aromatic rings. The number of nitrogens with two attached hydrogens (primary N) is 1. The third-order valence-electron chi connectivity index (χ3n) is 2.91. The summed E-state index contributed by atoms with van der Waals surface area (Å²) in [5.41, 5.74) is 6.66. The third-order valence-corrected chi connectivity index (χ3v) is 2.91. The molecule has 112 valence electrons. The summed E-state index contributed by atoms with van der Waals surface area (Å²) < 4.78 is 10.1. The number of nitrogen functional groups attached to an aromatic ring is 1. The van der Waals surface area contributed by atoms with Gasteiger partial charge in [-0.2, -0.15) is 0 Å². The van der Waals surface area contributed by atoms with Crippen LogP contribution in [-0.4, -0.2) is 45.4 Å². The molecular weight excluding hydrogens is 262 g/mol. The van der Waals surface area contributed by atoms with Crippen molar-refractivity contribution in [2.75, 3.05) is 51.2 Å². The largest absolute Gasteiger partial charge is 0.393 e. The van der Waals surface area contributed by atoms with Crippen LogP contribution in [0.1, 0.15) is 6.42 Å². The first-order valence-corrected chi connectivity index (χ1v) is 6.37. The zero-order valence-corrected chi connectivity index (χ0v) is 11.9. The van der Waals surface area contributed by atoms with Crippen molar-refractivity contribution in [2.45, 2.75) is 6.42 Å². The van der Waals surface area contributed by atoms with E-state index in [1.165, 1.54) is 6.07 Å². The number of hydrogen-bond acceptors (Lipinski definition) is 6. The summed E-state index contributed by atoms with van der Waals surface area (Å²) in [5.74, 6) is 0. The SMILES string of the molecule is COCCCN(CCOC)c1ccc([N+](=O)[O-])c(N)c1. The lowest BCUT2D eigenvalue weighted by Crippen LogP contribution is -2.29. The van der Waals surface area contributed by atoms with Gasteiger partial charge < -0.3 is 20.1 Å². The van der Waals surface area contributed by atoms with E-state index in [0.717, 1.165) is 18.7 Å². The lowest BCUT2D eigenvalue weighted by Gasteiger charge is -2.24. The Balaban J connectivity index is 2.83. The minimum atomic E-state index is -0.483. The summed E-state index contributed by atoms with van der Waals surface area (Å²) in [6, 6.07) is 4.76. The van der Waals surface area contributed by atoms with Crippen molar-refractivity contribution < 1.29 is 14.4 Å². The van der Waals surface area contributed by atoms with Crippen LogP contribution in [-0.2, 0) is 9.47 Å². The second-order valence-electron chi connectivity index (χ2n) is 4.33. The van der Waals surface area contributed by atoms with E-state index >= 15 is 0 Å². The predicted molar refractivity (Wildman–Crippen MR) is 78.1 cm³/mol. The van der Waals surface area contributed by atoms with Gasteiger partial charge in [-0.25, -0.2) is 0 Å². The maximum Gasteiger partial charge on any atom is 0.292 e. The second kappa shape index (κ2) is 8.34. The molecule has 0 radical (unpaired) electrons. The highest BCUT2D eigenvalue weighted by atomic mass is 16.6. The minimum absolute atomic E-state index is 0.0719. The standard InChI is InChI=1S/C13H21N3O4/c1-19-8-3-6-15(7-9-20-2)11-4-5-13(16(17)18)12(14)10-11/h4-5,10H,3,6-9,14H2,1-2H3. The lowest BCUT2D eigenvalue weighted by atomic mass is 10.2. The molecule has 0 bridgehead atoms. The Morgan fingerprint density at radius 1 is 1.25 bits per heavy atom. The molecule has 0 spiro atoms. The van der Waals surface area contributed by atoms with Gasteiger partial charge in [0.05, 0.1) is 11.5 Å². The maximum absolute atomic E-state index is 10.8. The van der Waals surface area contributed by atoms with Crippen LogP contribution >= 0.6 is 0 Å². The molecule has 0 fully saturated rings. The first-order chi connectivity index (χ1) is 9.60. The van der Waals surface area contributed by atoms with Gasteiger partial charge in [0.25, 0.3) is 5.69 Å². The number of hydrogen-bond donors (Lipinski definition) is 1. The monoisotopic (exact) mass is 283 g/mol. The molecular formula is C13H21N3O4. The Hall–Kier alpha value is -1.86. The van der Waals surface area contributed by atoms with Crippen molar-refractivity contribution in [1.82, 2.24) is 0 Å². The van der Waals surface area contributed by atoms with Crippen molar-refractivity contribution in [2.24, 2.45) is 0 Å². The predicted octanol–water partition coefficient (Wildman–Crippen LogP) is 1.67. The average molecular weight is 283 g/mol. The van der Waals surface area contributed by atoms with Crippen LogP contribution in [0.5, 0.6) is 0 Å². The van der Waals surface area contributed by atoms with Crippen molar-refractivity contribution in [3.63, 3.8) is 0 Å². The van der Waals surface area contributed by atoms with E-state index in [4.69, 9.17) is 15.2 Å². The summed E-state index contributed by atoms with van der Waals surface area (Å²) in [6.45, 7) is 2.70. The Labute approximate surface area is 118 Å². The summed E-state index contributed by atoms with van der Waals surface area (Å²) in [6.07, 6.45) is 0.858. The molecule has 7 nitrogen and oxygen atoms in total. The zero-order valence-electron chi connectivity index (χ0n) is 11.9. The normalized spacial score (nSPS) is 10.5. The van der Waals surface area contributed by atoms with E-state index in [9.17, 15) is 10.1 Å². The van der Waals surface area contributed by atoms with E-state index in [1.807, 2.05) is 0 Å². The maximum atomic E-state index is 10.8. The van der Waals surface area contributed by atoms with Crippen molar-refractivity contribution in [3.8, 4) is 0 Å². The smallest absolute Gasteiger partial charge is 0.292 e. The van der Waals surface area contributed by atoms with Crippen LogP contribution < -0.4 is 10.6 Å². The highest BCUT2D eigenvalue weighted by Gasteiger charge is 2.14. The van der Waals surface area contributed by atoms with E-state index in [1.54, 1.807) is 26.4 Å². The van der Waals surface area contributed by atoms with Crippen LogP contribution in [0.2, 0.25) is 0 Å². The quantitative estimate of drug-likeness (QED) is 0.321. The molecule has 2 N–H and O–H groups in total. The Morgan fingerprint density at radius 3 is 2.50 bits per heavy atom. The molecule has 0 saturated carbocycles. The summed E-state index contributed by atoms with van der Waals surface area (Å²) in [7, 11) is 3.29. The molecule has 0 amide bonds. The van der Waals surface area contributed by atoms with E-state index in [2.05, 4.69) is 4.90 Å². The number of nitro groups is 1. The third kappa shape index (κ3) is 4.67. The molecule has 0 aliphatic carbocycles. The van der Waals surface area contributed by atoms with Gasteiger partial charge in [-0.05, 0) is 18.6 Å². The zero-order chi connectivity index (χ0) is 15.0. The molecule has 1 aromatic carbocycles. The van der Waals surface area contributed by atoms with E-state index in [0.29, 0.717) is 19.8 Å². The van der Waals surface area contributed by atoms with Crippen LogP contribution in [0.25, 0.3) is 0 Å². The summed E-state index contributed by atoms with van der Waals surface area (Å²) >= 11 is 0. The number of ether oxygens (including phenoxy) is 2. The van der Waals surface area contributed by atoms with Gasteiger partial charge in [0, 0.05) is 45.7 Å². The first-order valence-electron chi connectivity index (χ1n) is 6.37. The highest BCUT2D eigenvalue weighted by Crippen LogP contribution is 2.27. The van der Waals surface area contributed by atoms with Crippen molar-refractivity contribution in [3.05, 3.63) is 28.3 Å². The Kier molecular flexibility index (Phi) is 6.75. The fourth-order valence-corrected chi connectivity index (χ4v) is 1.88. The van der Waals surface area contributed by atoms with Crippen LogP contribution in [0.4, 0.5) is 17.1 Å². The summed E-state index contributed by atoms with van der Waals surface area (Å²) in [4.78, 5) is 12.4.